The molecule has 0 saturated carbocycles. The number of fused-ring (bicyclic) bond motifs is 2. The van der Waals surface area contributed by atoms with E-state index in [1.807, 2.05) is 48.0 Å². The minimum absolute atomic E-state index is 0.205. The monoisotopic (exact) mass is 350 g/mol. The zero-order chi connectivity index (χ0) is 17.6. The van der Waals surface area contributed by atoms with Gasteiger partial charge < -0.3 is 9.88 Å². The zero-order valence-corrected chi connectivity index (χ0v) is 15.1. The maximum Gasteiger partial charge on any atom is 0.276 e. The Balaban J connectivity index is 1.83. The average molecular weight is 350 g/mol. The molecule has 0 aliphatic carbocycles. The van der Waals surface area contributed by atoms with E-state index in [2.05, 4.69) is 35.4 Å². The highest BCUT2D eigenvalue weighted by atomic mass is 32.1. The Kier molecular flexibility index (Phi) is 3.77. The van der Waals surface area contributed by atoms with Crippen LogP contribution in [0.1, 0.15) is 30.9 Å². The zero-order valence-electron chi connectivity index (χ0n) is 14.3. The number of nitrogens with zero attached hydrogens (tertiary/aromatic N) is 3. The van der Waals surface area contributed by atoms with Gasteiger partial charge in [-0.15, -0.1) is 10.2 Å². The molecule has 126 valence electrons. The summed E-state index contributed by atoms with van der Waals surface area (Å²) in [5, 5.41) is 11.5. The molecule has 25 heavy (non-hydrogen) atoms. The first-order chi connectivity index (χ1) is 12.0. The van der Waals surface area contributed by atoms with Crippen LogP contribution in [0, 0.1) is 0 Å². The van der Waals surface area contributed by atoms with Crippen molar-refractivity contribution in [2.75, 3.05) is 5.32 Å². The molecule has 0 radical (unpaired) electrons. The van der Waals surface area contributed by atoms with Crippen molar-refractivity contribution in [1.29, 1.82) is 0 Å². The van der Waals surface area contributed by atoms with Gasteiger partial charge in [-0.05, 0) is 35.7 Å². The Morgan fingerprint density at radius 1 is 1.12 bits per heavy atom. The third kappa shape index (κ3) is 2.68. The molecule has 0 saturated heterocycles. The molecule has 6 heteroatoms. The fourth-order valence-electron chi connectivity index (χ4n) is 2.90. The van der Waals surface area contributed by atoms with Crippen LogP contribution in [0.15, 0.2) is 52.7 Å². The normalized spacial score (nSPS) is 16.1. The molecule has 2 heterocycles. The summed E-state index contributed by atoms with van der Waals surface area (Å²) in [7, 11) is 1.96. The maximum absolute atomic E-state index is 12.3. The molecule has 1 amide bonds. The molecule has 1 aliphatic heterocycles. The molecular formula is C19H18N4OS. The Morgan fingerprint density at radius 3 is 2.68 bits per heavy atom. The summed E-state index contributed by atoms with van der Waals surface area (Å²) < 4.78 is 3.13. The molecule has 0 bridgehead atoms. The van der Waals surface area contributed by atoms with Gasteiger partial charge in [-0.25, -0.2) is 0 Å². The van der Waals surface area contributed by atoms with E-state index in [-0.39, 0.29) is 5.91 Å². The second kappa shape index (κ2) is 5.97. The van der Waals surface area contributed by atoms with Gasteiger partial charge in [0.1, 0.15) is 0 Å². The van der Waals surface area contributed by atoms with E-state index in [9.17, 15) is 4.79 Å². The number of rotatable bonds is 2. The first-order valence-electron chi connectivity index (χ1n) is 8.16. The number of para-hydroxylation sites is 1. The van der Waals surface area contributed by atoms with Crippen LogP contribution in [0.4, 0.5) is 5.69 Å². The third-order valence-corrected chi connectivity index (χ3v) is 5.48. The number of anilines is 1. The van der Waals surface area contributed by atoms with Gasteiger partial charge in [-0.3, -0.25) is 4.79 Å². The van der Waals surface area contributed by atoms with Crippen molar-refractivity contribution in [3.05, 3.63) is 58.4 Å². The van der Waals surface area contributed by atoms with Gasteiger partial charge >= 0.3 is 0 Å². The van der Waals surface area contributed by atoms with E-state index in [1.165, 1.54) is 5.56 Å². The Labute approximate surface area is 149 Å². The molecule has 5 nitrogen and oxygen atoms in total. The van der Waals surface area contributed by atoms with E-state index < -0.39 is 0 Å². The Bertz CT molecular complexity index is 1090. The van der Waals surface area contributed by atoms with Crippen LogP contribution in [0.3, 0.4) is 0 Å². The van der Waals surface area contributed by atoms with E-state index in [0.29, 0.717) is 11.6 Å². The van der Waals surface area contributed by atoms with Gasteiger partial charge in [0.2, 0.25) is 4.80 Å². The Hall–Kier alpha value is -2.73. The summed E-state index contributed by atoms with van der Waals surface area (Å²) in [5.74, 6) is 0.183. The molecule has 1 N–H and O–H groups in total. The highest BCUT2D eigenvalue weighted by Crippen LogP contribution is 2.27. The van der Waals surface area contributed by atoms with Crippen molar-refractivity contribution in [2.45, 2.75) is 19.8 Å². The largest absolute Gasteiger partial charge is 0.320 e. The fourth-order valence-corrected chi connectivity index (χ4v) is 3.87. The number of hydrogen-bond acceptors (Lipinski definition) is 4. The summed E-state index contributed by atoms with van der Waals surface area (Å²) in [4.78, 5) is 13.0. The molecule has 2 aromatic carbocycles. The van der Waals surface area contributed by atoms with Crippen molar-refractivity contribution in [3.63, 3.8) is 0 Å². The molecule has 1 aromatic heterocycles. The minimum atomic E-state index is -0.205. The van der Waals surface area contributed by atoms with E-state index >= 15 is 0 Å². The van der Waals surface area contributed by atoms with Crippen molar-refractivity contribution in [1.82, 2.24) is 4.57 Å². The predicted octanol–water partition coefficient (Wildman–Crippen LogP) is 3.62. The lowest BCUT2D eigenvalue weighted by molar-refractivity contribution is -0.110. The van der Waals surface area contributed by atoms with Crippen LogP contribution in [-0.4, -0.2) is 16.2 Å². The minimum Gasteiger partial charge on any atom is -0.320 e. The van der Waals surface area contributed by atoms with Crippen molar-refractivity contribution < 1.29 is 4.79 Å². The van der Waals surface area contributed by atoms with Gasteiger partial charge in [-0.1, -0.05) is 43.4 Å². The summed E-state index contributed by atoms with van der Waals surface area (Å²) >= 11 is 1.56. The number of carbonyl (C=O) groups is 1. The smallest absolute Gasteiger partial charge is 0.276 e. The fraction of sp³-hybridized carbons (Fsp3) is 0.211. The first kappa shape index (κ1) is 15.8. The van der Waals surface area contributed by atoms with Crippen LogP contribution in [0.5, 0.6) is 0 Å². The van der Waals surface area contributed by atoms with Gasteiger partial charge in [0.05, 0.1) is 15.9 Å². The van der Waals surface area contributed by atoms with E-state index in [4.69, 9.17) is 0 Å². The highest BCUT2D eigenvalue weighted by molar-refractivity contribution is 7.16. The van der Waals surface area contributed by atoms with Crippen LogP contribution in [0.25, 0.3) is 10.2 Å². The van der Waals surface area contributed by atoms with Crippen LogP contribution in [-0.2, 0) is 11.8 Å². The topological polar surface area (TPSA) is 58.8 Å². The lowest BCUT2D eigenvalue weighted by atomic mass is 9.99. The second-order valence-corrected chi connectivity index (χ2v) is 7.38. The van der Waals surface area contributed by atoms with Crippen molar-refractivity contribution >= 4 is 38.9 Å². The molecule has 3 aromatic rings. The van der Waals surface area contributed by atoms with Crippen LogP contribution in [0.2, 0.25) is 0 Å². The number of aromatic nitrogens is 1. The summed E-state index contributed by atoms with van der Waals surface area (Å²) in [6.45, 7) is 4.26. The van der Waals surface area contributed by atoms with Gasteiger partial charge in [0.15, 0.2) is 5.71 Å². The third-order valence-electron chi connectivity index (χ3n) is 4.38. The molecule has 0 fully saturated rings. The number of benzene rings is 2. The number of carbonyl (C=O) groups excluding carboxylic acids is 1. The molecular weight excluding hydrogens is 332 g/mol. The Morgan fingerprint density at radius 2 is 1.92 bits per heavy atom. The average Bonchev–Trinajstić information content (AvgIpc) is 3.09. The second-order valence-electron chi connectivity index (χ2n) is 6.37. The van der Waals surface area contributed by atoms with Gasteiger partial charge in [0, 0.05) is 12.6 Å². The number of hydrogen-bond donors (Lipinski definition) is 1. The van der Waals surface area contributed by atoms with Crippen molar-refractivity contribution in [3.8, 4) is 0 Å². The summed E-state index contributed by atoms with van der Waals surface area (Å²) in [6.07, 6.45) is 0. The number of aryl methyl sites for hydroxylation is 1. The number of nitrogens with one attached hydrogen (secondary N) is 1. The molecule has 1 aliphatic rings. The molecule has 0 atom stereocenters. The van der Waals surface area contributed by atoms with Gasteiger partial charge in [-0.2, -0.15) is 0 Å². The van der Waals surface area contributed by atoms with Crippen LogP contribution < -0.4 is 10.1 Å². The number of thiazole rings is 1. The molecule has 0 unspecified atom stereocenters. The van der Waals surface area contributed by atoms with E-state index in [1.54, 1.807) is 11.3 Å². The predicted molar refractivity (Wildman–Crippen MR) is 102 cm³/mol. The lowest BCUT2D eigenvalue weighted by Crippen LogP contribution is -2.15. The molecule has 4 rings (SSSR count). The summed E-state index contributed by atoms with van der Waals surface area (Å²) in [6, 6.07) is 14.1. The van der Waals surface area contributed by atoms with Crippen molar-refractivity contribution in [2.24, 2.45) is 17.3 Å². The highest BCUT2D eigenvalue weighted by Gasteiger charge is 2.26. The van der Waals surface area contributed by atoms with Gasteiger partial charge in [0.25, 0.3) is 5.91 Å². The summed E-state index contributed by atoms with van der Waals surface area (Å²) in [5.41, 5.74) is 4.27. The first-order valence-corrected chi connectivity index (χ1v) is 8.98. The van der Waals surface area contributed by atoms with Crippen LogP contribution >= 0.6 is 11.3 Å². The number of amides is 1. The quantitative estimate of drug-likeness (QED) is 0.705. The maximum atomic E-state index is 12.3. The molecule has 0 spiro atoms. The lowest BCUT2D eigenvalue weighted by Gasteiger charge is -2.06. The van der Waals surface area contributed by atoms with E-state index in [0.717, 1.165) is 26.3 Å². The standard InChI is InChI=1S/C19H18N4OS/c1-11(2)12-8-9-14-13(10-12)17(18(24)20-14)21-22-19-23(3)15-6-4-5-7-16(15)25-19/h4-11H,1-3H3,(H,20,21,24)/b22-19-. The SMILES string of the molecule is CC(C)c1ccc2c(c1)/C(=N\N=c1/sc3ccccc3n1C)C(=O)N2.